The number of rotatable bonds is 6. The highest BCUT2D eigenvalue weighted by atomic mass is 32.1. The van der Waals surface area contributed by atoms with Gasteiger partial charge >= 0.3 is 0 Å². The number of hydrogen-bond acceptors (Lipinski definition) is 6. The Morgan fingerprint density at radius 2 is 2.00 bits per heavy atom. The molecule has 1 fully saturated rings. The van der Waals surface area contributed by atoms with Gasteiger partial charge in [-0.15, -0.1) is 11.3 Å². The molecule has 0 bridgehead atoms. The lowest BCUT2D eigenvalue weighted by Crippen LogP contribution is -2.41. The maximum absolute atomic E-state index is 12.6. The molecule has 3 rings (SSSR count). The lowest BCUT2D eigenvalue weighted by molar-refractivity contribution is -0.118. The lowest BCUT2D eigenvalue weighted by Gasteiger charge is -2.29. The molecule has 1 saturated carbocycles. The summed E-state index contributed by atoms with van der Waals surface area (Å²) in [5.41, 5.74) is 1.12. The van der Waals surface area contributed by atoms with Crippen LogP contribution in [0.4, 0.5) is 10.8 Å². The Balaban J connectivity index is 1.79. The predicted octanol–water partition coefficient (Wildman–Crippen LogP) is 4.44. The van der Waals surface area contributed by atoms with E-state index >= 15 is 0 Å². The van der Waals surface area contributed by atoms with Gasteiger partial charge in [-0.3, -0.25) is 14.5 Å². The Bertz CT molecular complexity index is 1010. The Morgan fingerprint density at radius 3 is 2.61 bits per heavy atom. The van der Waals surface area contributed by atoms with Gasteiger partial charge in [0, 0.05) is 18.3 Å². The van der Waals surface area contributed by atoms with Crippen LogP contribution in [0, 0.1) is 17.2 Å². The van der Waals surface area contributed by atoms with Crippen LogP contribution in [0.3, 0.4) is 0 Å². The number of carbonyl (C=O) groups is 2. The van der Waals surface area contributed by atoms with Crippen molar-refractivity contribution in [2.45, 2.75) is 45.6 Å². The molecular weight excluding hydrogens is 412 g/mol. The Kier molecular flexibility index (Phi) is 7.42. The van der Waals surface area contributed by atoms with Crippen LogP contribution in [0.2, 0.25) is 0 Å². The molecule has 1 aliphatic rings. The summed E-state index contributed by atoms with van der Waals surface area (Å²) in [6, 6.07) is 9.15. The summed E-state index contributed by atoms with van der Waals surface area (Å²) < 4.78 is 5.17. The highest BCUT2D eigenvalue weighted by Crippen LogP contribution is 2.31. The molecular formula is C23H26N4O3S. The van der Waals surface area contributed by atoms with Gasteiger partial charge in [-0.05, 0) is 49.1 Å². The molecule has 7 nitrogen and oxygen atoms in total. The third-order valence-corrected chi connectivity index (χ3v) is 6.28. The number of amides is 2. The molecule has 31 heavy (non-hydrogen) atoms. The van der Waals surface area contributed by atoms with E-state index in [0.717, 1.165) is 19.3 Å². The summed E-state index contributed by atoms with van der Waals surface area (Å²) in [7, 11) is 1.58. The van der Waals surface area contributed by atoms with Gasteiger partial charge in [0.15, 0.2) is 5.13 Å². The Morgan fingerprint density at radius 1 is 1.29 bits per heavy atom. The molecule has 1 N–H and O–H groups in total. The van der Waals surface area contributed by atoms with Crippen molar-refractivity contribution in [1.82, 2.24) is 10.3 Å². The summed E-state index contributed by atoms with van der Waals surface area (Å²) in [4.78, 5) is 30.8. The first-order valence-corrected chi connectivity index (χ1v) is 11.1. The number of benzene rings is 1. The van der Waals surface area contributed by atoms with Crippen molar-refractivity contribution in [3.63, 3.8) is 0 Å². The second-order valence-corrected chi connectivity index (χ2v) is 8.46. The fourth-order valence-corrected chi connectivity index (χ4v) is 4.52. The minimum absolute atomic E-state index is 0.00782. The first-order chi connectivity index (χ1) is 14.9. The van der Waals surface area contributed by atoms with Gasteiger partial charge in [0.1, 0.15) is 17.4 Å². The van der Waals surface area contributed by atoms with Crippen molar-refractivity contribution < 1.29 is 14.3 Å². The molecule has 2 unspecified atom stereocenters. The van der Waals surface area contributed by atoms with E-state index in [-0.39, 0.29) is 23.4 Å². The first-order valence-electron chi connectivity index (χ1n) is 10.3. The van der Waals surface area contributed by atoms with Crippen molar-refractivity contribution in [3.8, 4) is 11.8 Å². The van der Waals surface area contributed by atoms with Crippen molar-refractivity contribution in [3.05, 3.63) is 40.9 Å². The van der Waals surface area contributed by atoms with Crippen molar-refractivity contribution in [2.75, 3.05) is 12.0 Å². The number of ether oxygens (including phenoxy) is 1. The normalized spacial score (nSPS) is 18.7. The SMILES string of the molecule is COc1ccc(N(C(C)=O)c2nc(/C=C(\C#N)C(=O)NC3CCCCC3C)cs2)cc1. The monoisotopic (exact) mass is 438 g/mol. The number of carbonyl (C=O) groups excluding carboxylic acids is 2. The highest BCUT2D eigenvalue weighted by Gasteiger charge is 2.24. The molecule has 1 heterocycles. The van der Waals surface area contributed by atoms with Crippen LogP contribution >= 0.6 is 11.3 Å². The maximum Gasteiger partial charge on any atom is 0.262 e. The molecule has 2 aromatic rings. The van der Waals surface area contributed by atoms with Crippen molar-refractivity contribution in [1.29, 1.82) is 5.26 Å². The quantitative estimate of drug-likeness (QED) is 0.531. The number of nitrogens with zero attached hydrogens (tertiary/aromatic N) is 3. The molecule has 2 atom stereocenters. The van der Waals surface area contributed by atoms with Crippen molar-refractivity contribution in [2.24, 2.45) is 5.92 Å². The molecule has 0 spiro atoms. The van der Waals surface area contributed by atoms with Crippen LogP contribution in [0.25, 0.3) is 6.08 Å². The number of hydrogen-bond donors (Lipinski definition) is 1. The fraction of sp³-hybridized carbons (Fsp3) is 0.391. The van der Waals surface area contributed by atoms with E-state index in [1.54, 1.807) is 36.8 Å². The van der Waals surface area contributed by atoms with Gasteiger partial charge in [0.2, 0.25) is 5.91 Å². The number of aromatic nitrogens is 1. The summed E-state index contributed by atoms with van der Waals surface area (Å²) in [6.07, 6.45) is 5.74. The van der Waals surface area contributed by atoms with Crippen molar-refractivity contribution >= 4 is 40.0 Å². The van der Waals surface area contributed by atoms with Gasteiger partial charge in [-0.1, -0.05) is 19.8 Å². The van der Waals surface area contributed by atoms with E-state index in [9.17, 15) is 14.9 Å². The minimum atomic E-state index is -0.380. The summed E-state index contributed by atoms with van der Waals surface area (Å²) >= 11 is 1.27. The summed E-state index contributed by atoms with van der Waals surface area (Å²) in [5, 5.41) is 14.7. The Labute approximate surface area is 186 Å². The largest absolute Gasteiger partial charge is 0.497 e. The van der Waals surface area contributed by atoms with Gasteiger partial charge in [-0.25, -0.2) is 4.98 Å². The van der Waals surface area contributed by atoms with Crippen LogP contribution in [-0.4, -0.2) is 29.9 Å². The second-order valence-electron chi connectivity index (χ2n) is 7.62. The molecule has 0 radical (unpaired) electrons. The molecule has 1 aliphatic carbocycles. The van der Waals surface area contributed by atoms with E-state index in [0.29, 0.717) is 28.2 Å². The van der Waals surface area contributed by atoms with E-state index in [1.807, 2.05) is 6.07 Å². The van der Waals surface area contributed by atoms with Crippen LogP contribution in [-0.2, 0) is 9.59 Å². The molecule has 1 aromatic carbocycles. The number of thiazole rings is 1. The van der Waals surface area contributed by atoms with Gasteiger partial charge < -0.3 is 10.1 Å². The average molecular weight is 439 g/mol. The highest BCUT2D eigenvalue weighted by molar-refractivity contribution is 7.14. The van der Waals surface area contributed by atoms with E-state index in [4.69, 9.17) is 4.74 Å². The number of nitriles is 1. The summed E-state index contributed by atoms with van der Waals surface area (Å²) in [6.45, 7) is 3.59. The second kappa shape index (κ2) is 10.2. The van der Waals surface area contributed by atoms with Gasteiger partial charge in [0.25, 0.3) is 5.91 Å². The van der Waals surface area contributed by atoms with E-state index in [1.165, 1.54) is 35.7 Å². The van der Waals surface area contributed by atoms with Crippen LogP contribution in [0.5, 0.6) is 5.75 Å². The van der Waals surface area contributed by atoms with Crippen LogP contribution in [0.15, 0.2) is 35.2 Å². The lowest BCUT2D eigenvalue weighted by atomic mass is 9.86. The molecule has 2 amide bonds. The molecule has 0 aliphatic heterocycles. The smallest absolute Gasteiger partial charge is 0.262 e. The third-order valence-electron chi connectivity index (χ3n) is 5.43. The summed E-state index contributed by atoms with van der Waals surface area (Å²) in [5.74, 6) is 0.512. The van der Waals surface area contributed by atoms with Crippen LogP contribution in [0.1, 0.15) is 45.2 Å². The molecule has 162 valence electrons. The zero-order valence-electron chi connectivity index (χ0n) is 17.9. The number of nitrogens with one attached hydrogen (secondary N) is 1. The van der Waals surface area contributed by atoms with Gasteiger partial charge in [-0.2, -0.15) is 5.26 Å². The topological polar surface area (TPSA) is 95.3 Å². The minimum Gasteiger partial charge on any atom is -0.497 e. The standard InChI is InChI=1S/C23H26N4O3S/c1-15-6-4-5-7-21(15)26-22(29)17(13-24)12-18-14-31-23(25-18)27(16(2)28)19-8-10-20(30-3)11-9-19/h8-12,14-15,21H,4-7H2,1-3H3,(H,26,29)/b17-12+. The van der Waals surface area contributed by atoms with Gasteiger partial charge in [0.05, 0.1) is 18.5 Å². The zero-order valence-corrected chi connectivity index (χ0v) is 18.7. The number of anilines is 2. The van der Waals surface area contributed by atoms with Crippen LogP contribution < -0.4 is 15.0 Å². The average Bonchev–Trinajstić information content (AvgIpc) is 3.22. The van der Waals surface area contributed by atoms with E-state index < -0.39 is 0 Å². The Hall–Kier alpha value is -3.18. The molecule has 0 saturated heterocycles. The molecule has 1 aromatic heterocycles. The fourth-order valence-electron chi connectivity index (χ4n) is 3.68. The third kappa shape index (κ3) is 5.50. The van der Waals surface area contributed by atoms with E-state index in [2.05, 4.69) is 17.2 Å². The predicted molar refractivity (Wildman–Crippen MR) is 121 cm³/mol. The zero-order chi connectivity index (χ0) is 22.4. The number of methoxy groups -OCH3 is 1. The first kappa shape index (κ1) is 22.5. The maximum atomic E-state index is 12.6. The molecule has 8 heteroatoms.